The zero-order valence-electron chi connectivity index (χ0n) is 15.5. The minimum atomic E-state index is -0.00967. The van der Waals surface area contributed by atoms with Gasteiger partial charge in [-0.05, 0) is 31.5 Å². The van der Waals surface area contributed by atoms with Crippen molar-refractivity contribution < 1.29 is 18.8 Å². The summed E-state index contributed by atoms with van der Waals surface area (Å²) < 4.78 is 16.1. The molecular formula is C19H25N3O4. The van der Waals surface area contributed by atoms with E-state index in [1.807, 2.05) is 43.0 Å². The molecule has 1 aliphatic rings. The Hall–Kier alpha value is -2.54. The molecule has 1 aromatic carbocycles. The molecule has 26 heavy (non-hydrogen) atoms. The molecule has 0 N–H and O–H groups in total. The third-order valence-corrected chi connectivity index (χ3v) is 4.46. The maximum atomic E-state index is 12.4. The minimum absolute atomic E-state index is 0.00967. The minimum Gasteiger partial charge on any atom is -0.493 e. The molecule has 2 heterocycles. The number of hydrogen-bond acceptors (Lipinski definition) is 6. The monoisotopic (exact) mass is 359 g/mol. The van der Waals surface area contributed by atoms with Crippen LogP contribution in [0.1, 0.15) is 17.0 Å². The van der Waals surface area contributed by atoms with E-state index in [1.165, 1.54) is 0 Å². The van der Waals surface area contributed by atoms with Crippen molar-refractivity contribution in [1.82, 2.24) is 15.0 Å². The predicted molar refractivity (Wildman–Crippen MR) is 96.3 cm³/mol. The number of methoxy groups -OCH3 is 1. The molecular weight excluding hydrogens is 334 g/mol. The van der Waals surface area contributed by atoms with Gasteiger partial charge in [0.1, 0.15) is 5.76 Å². The number of hydrogen-bond donors (Lipinski definition) is 0. The Morgan fingerprint density at radius 3 is 2.58 bits per heavy atom. The number of carbonyl (C=O) groups excluding carboxylic acids is 1. The number of amides is 1. The van der Waals surface area contributed by atoms with Crippen molar-refractivity contribution in [2.45, 2.75) is 20.4 Å². The summed E-state index contributed by atoms with van der Waals surface area (Å²) in [4.78, 5) is 16.5. The first kappa shape index (κ1) is 18.3. The van der Waals surface area contributed by atoms with Crippen molar-refractivity contribution in [2.24, 2.45) is 0 Å². The summed E-state index contributed by atoms with van der Waals surface area (Å²) in [6.45, 7) is 7.62. The SMILES string of the molecule is COc1cc(C)ccc1OCC(=O)N1CCN(Cc2cc(C)on2)CC1. The highest BCUT2D eigenvalue weighted by atomic mass is 16.5. The molecule has 0 saturated carbocycles. The average molecular weight is 359 g/mol. The fourth-order valence-corrected chi connectivity index (χ4v) is 3.00. The lowest BCUT2D eigenvalue weighted by Crippen LogP contribution is -2.49. The zero-order valence-corrected chi connectivity index (χ0v) is 15.5. The number of aromatic nitrogens is 1. The maximum Gasteiger partial charge on any atom is 0.260 e. The molecule has 140 valence electrons. The van der Waals surface area contributed by atoms with Crippen molar-refractivity contribution in [2.75, 3.05) is 39.9 Å². The van der Waals surface area contributed by atoms with Crippen LogP contribution in [0.15, 0.2) is 28.8 Å². The molecule has 7 heteroatoms. The van der Waals surface area contributed by atoms with Crippen molar-refractivity contribution in [3.63, 3.8) is 0 Å². The van der Waals surface area contributed by atoms with Crippen molar-refractivity contribution in [1.29, 1.82) is 0 Å². The predicted octanol–water partition coefficient (Wildman–Crippen LogP) is 2.02. The molecule has 0 bridgehead atoms. The molecule has 1 saturated heterocycles. The van der Waals surface area contributed by atoms with Crippen molar-refractivity contribution in [3.8, 4) is 11.5 Å². The van der Waals surface area contributed by atoms with E-state index in [4.69, 9.17) is 14.0 Å². The van der Waals surface area contributed by atoms with Gasteiger partial charge in [-0.15, -0.1) is 0 Å². The van der Waals surface area contributed by atoms with E-state index in [1.54, 1.807) is 7.11 Å². The van der Waals surface area contributed by atoms with E-state index in [0.29, 0.717) is 24.6 Å². The van der Waals surface area contributed by atoms with Crippen LogP contribution >= 0.6 is 0 Å². The number of piperazine rings is 1. The van der Waals surface area contributed by atoms with Gasteiger partial charge >= 0.3 is 0 Å². The lowest BCUT2D eigenvalue weighted by molar-refractivity contribution is -0.135. The smallest absolute Gasteiger partial charge is 0.260 e. The highest BCUT2D eigenvalue weighted by molar-refractivity contribution is 5.78. The topological polar surface area (TPSA) is 68.0 Å². The van der Waals surface area contributed by atoms with Crippen LogP contribution in [0.3, 0.4) is 0 Å². The van der Waals surface area contributed by atoms with Crippen molar-refractivity contribution >= 4 is 5.91 Å². The van der Waals surface area contributed by atoms with Crippen LogP contribution in [-0.4, -0.2) is 60.8 Å². The van der Waals surface area contributed by atoms with Gasteiger partial charge < -0.3 is 18.9 Å². The molecule has 1 amide bonds. The number of benzene rings is 1. The lowest BCUT2D eigenvalue weighted by atomic mass is 10.2. The summed E-state index contributed by atoms with van der Waals surface area (Å²) in [6, 6.07) is 7.61. The van der Waals surface area contributed by atoms with E-state index < -0.39 is 0 Å². The van der Waals surface area contributed by atoms with Crippen LogP contribution in [0, 0.1) is 13.8 Å². The second-order valence-corrected chi connectivity index (χ2v) is 6.53. The summed E-state index contributed by atoms with van der Waals surface area (Å²) >= 11 is 0. The fourth-order valence-electron chi connectivity index (χ4n) is 3.00. The number of aryl methyl sites for hydroxylation is 2. The Morgan fingerprint density at radius 1 is 1.15 bits per heavy atom. The van der Waals surface area contributed by atoms with E-state index in [9.17, 15) is 4.79 Å². The van der Waals surface area contributed by atoms with E-state index >= 15 is 0 Å². The van der Waals surface area contributed by atoms with Gasteiger partial charge in [0.2, 0.25) is 0 Å². The molecule has 1 aliphatic heterocycles. The molecule has 3 rings (SSSR count). The Bertz CT molecular complexity index is 751. The Labute approximate surface area is 153 Å². The van der Waals surface area contributed by atoms with Crippen LogP contribution in [0.5, 0.6) is 11.5 Å². The van der Waals surface area contributed by atoms with Crippen molar-refractivity contribution in [3.05, 3.63) is 41.3 Å². The normalized spacial score (nSPS) is 15.1. The highest BCUT2D eigenvalue weighted by Gasteiger charge is 2.22. The van der Waals surface area contributed by atoms with E-state index in [0.717, 1.165) is 36.7 Å². The number of rotatable bonds is 6. The number of ether oxygens (including phenoxy) is 2. The van der Waals surface area contributed by atoms with Crippen LogP contribution in [0.4, 0.5) is 0 Å². The molecule has 7 nitrogen and oxygen atoms in total. The van der Waals surface area contributed by atoms with E-state index in [2.05, 4.69) is 10.1 Å². The van der Waals surface area contributed by atoms with Crippen LogP contribution in [-0.2, 0) is 11.3 Å². The average Bonchev–Trinajstić information content (AvgIpc) is 3.05. The quantitative estimate of drug-likeness (QED) is 0.786. The number of nitrogens with zero attached hydrogens (tertiary/aromatic N) is 3. The van der Waals surface area contributed by atoms with Gasteiger partial charge in [-0.25, -0.2) is 0 Å². The Kier molecular flexibility index (Phi) is 5.78. The second kappa shape index (κ2) is 8.23. The maximum absolute atomic E-state index is 12.4. The van der Waals surface area contributed by atoms with Crippen LogP contribution in [0.25, 0.3) is 0 Å². The standard InChI is InChI=1S/C19H25N3O4/c1-14-4-5-17(18(10-14)24-3)25-13-19(23)22-8-6-21(7-9-22)12-16-11-15(2)26-20-16/h4-5,10-11H,6-9,12-13H2,1-3H3. The van der Waals surface area contributed by atoms with E-state index in [-0.39, 0.29) is 12.5 Å². The van der Waals surface area contributed by atoms with Gasteiger partial charge in [0, 0.05) is 38.8 Å². The first-order valence-corrected chi connectivity index (χ1v) is 8.75. The summed E-state index contributed by atoms with van der Waals surface area (Å²) in [5.41, 5.74) is 2.01. The zero-order chi connectivity index (χ0) is 18.5. The van der Waals surface area contributed by atoms with Gasteiger partial charge in [-0.2, -0.15) is 0 Å². The van der Waals surface area contributed by atoms with Crippen LogP contribution < -0.4 is 9.47 Å². The second-order valence-electron chi connectivity index (χ2n) is 6.53. The summed E-state index contributed by atoms with van der Waals surface area (Å²) in [5.74, 6) is 2.04. The molecule has 1 aromatic heterocycles. The largest absolute Gasteiger partial charge is 0.493 e. The molecule has 0 spiro atoms. The molecule has 2 aromatic rings. The summed E-state index contributed by atoms with van der Waals surface area (Å²) in [7, 11) is 1.60. The van der Waals surface area contributed by atoms with Gasteiger partial charge in [-0.1, -0.05) is 11.2 Å². The first-order valence-electron chi connectivity index (χ1n) is 8.75. The van der Waals surface area contributed by atoms with Gasteiger partial charge in [0.25, 0.3) is 5.91 Å². The Morgan fingerprint density at radius 2 is 1.92 bits per heavy atom. The van der Waals surface area contributed by atoms with Gasteiger partial charge in [0.05, 0.1) is 12.8 Å². The van der Waals surface area contributed by atoms with Gasteiger partial charge in [-0.3, -0.25) is 9.69 Å². The fraction of sp³-hybridized carbons (Fsp3) is 0.474. The molecule has 0 atom stereocenters. The third kappa shape index (κ3) is 4.54. The highest BCUT2D eigenvalue weighted by Crippen LogP contribution is 2.27. The molecule has 0 radical (unpaired) electrons. The lowest BCUT2D eigenvalue weighted by Gasteiger charge is -2.34. The van der Waals surface area contributed by atoms with Gasteiger partial charge in [0.15, 0.2) is 18.1 Å². The summed E-state index contributed by atoms with van der Waals surface area (Å²) in [6.07, 6.45) is 0. The molecule has 0 unspecified atom stereocenters. The molecule has 0 aliphatic carbocycles. The third-order valence-electron chi connectivity index (χ3n) is 4.46. The molecule has 1 fully saturated rings. The first-order chi connectivity index (χ1) is 12.5. The van der Waals surface area contributed by atoms with Crippen LogP contribution in [0.2, 0.25) is 0 Å². The summed E-state index contributed by atoms with van der Waals surface area (Å²) in [5, 5.41) is 4.02. The number of carbonyl (C=O) groups is 1. The Balaban J connectivity index is 1.46.